The molecule has 2 aromatic heterocycles. The molecule has 1 fully saturated rings. The predicted molar refractivity (Wildman–Crippen MR) is 104 cm³/mol. The van der Waals surface area contributed by atoms with E-state index in [9.17, 15) is 5.11 Å². The number of nitrogens with zero attached hydrogens (tertiary/aromatic N) is 4. The van der Waals surface area contributed by atoms with Gasteiger partial charge in [-0.25, -0.2) is 9.97 Å². The van der Waals surface area contributed by atoms with Crippen LogP contribution >= 0.6 is 0 Å². The van der Waals surface area contributed by atoms with Gasteiger partial charge in [-0.2, -0.15) is 5.10 Å². The van der Waals surface area contributed by atoms with Crippen LogP contribution in [-0.4, -0.2) is 30.9 Å². The summed E-state index contributed by atoms with van der Waals surface area (Å²) in [4.78, 5) is 9.01. The SMILES string of the molecule is Cc1cnc(Nc2cnn(C)c2)nc1-c1ccc(C(O)NC2CCC2)cc1. The van der Waals surface area contributed by atoms with Crippen molar-refractivity contribution in [1.29, 1.82) is 0 Å². The first-order valence-electron chi connectivity index (χ1n) is 9.22. The molecule has 0 amide bonds. The van der Waals surface area contributed by atoms with Crippen LogP contribution in [0.4, 0.5) is 11.6 Å². The topological polar surface area (TPSA) is 87.9 Å². The van der Waals surface area contributed by atoms with Gasteiger partial charge < -0.3 is 10.4 Å². The summed E-state index contributed by atoms with van der Waals surface area (Å²) in [5, 5.41) is 20.9. The van der Waals surface area contributed by atoms with E-state index in [1.165, 1.54) is 6.42 Å². The van der Waals surface area contributed by atoms with Gasteiger partial charge in [0.05, 0.1) is 17.6 Å². The van der Waals surface area contributed by atoms with Gasteiger partial charge in [0.25, 0.3) is 0 Å². The van der Waals surface area contributed by atoms with Crippen LogP contribution in [0, 0.1) is 6.92 Å². The van der Waals surface area contributed by atoms with E-state index >= 15 is 0 Å². The second kappa shape index (κ2) is 7.46. The first-order chi connectivity index (χ1) is 13.1. The van der Waals surface area contributed by atoms with Crippen molar-refractivity contribution in [2.75, 3.05) is 5.32 Å². The van der Waals surface area contributed by atoms with Crippen molar-refractivity contribution < 1.29 is 5.11 Å². The Balaban J connectivity index is 1.52. The molecule has 27 heavy (non-hydrogen) atoms. The molecule has 140 valence electrons. The number of aryl methyl sites for hydroxylation is 2. The summed E-state index contributed by atoms with van der Waals surface area (Å²) in [6.45, 7) is 1.99. The molecule has 3 aromatic rings. The molecule has 7 nitrogen and oxygen atoms in total. The van der Waals surface area contributed by atoms with Crippen LogP contribution in [0.25, 0.3) is 11.3 Å². The van der Waals surface area contributed by atoms with E-state index in [-0.39, 0.29) is 0 Å². The van der Waals surface area contributed by atoms with Gasteiger partial charge in [0, 0.05) is 31.0 Å². The molecule has 1 aliphatic carbocycles. The van der Waals surface area contributed by atoms with Crippen LogP contribution < -0.4 is 10.6 Å². The van der Waals surface area contributed by atoms with Crippen molar-refractivity contribution in [3.05, 3.63) is 54.0 Å². The van der Waals surface area contributed by atoms with Crippen LogP contribution in [0.3, 0.4) is 0 Å². The van der Waals surface area contributed by atoms with Gasteiger partial charge in [0.2, 0.25) is 5.95 Å². The average Bonchev–Trinajstić information content (AvgIpc) is 3.04. The summed E-state index contributed by atoms with van der Waals surface area (Å²) in [5.74, 6) is 0.527. The zero-order chi connectivity index (χ0) is 18.8. The Morgan fingerprint density at radius 2 is 1.96 bits per heavy atom. The number of aromatic nitrogens is 4. The highest BCUT2D eigenvalue weighted by atomic mass is 16.3. The van der Waals surface area contributed by atoms with E-state index in [0.717, 1.165) is 40.9 Å². The van der Waals surface area contributed by atoms with Crippen LogP contribution in [-0.2, 0) is 7.05 Å². The number of aliphatic hydroxyl groups excluding tert-OH is 1. The van der Waals surface area contributed by atoms with Gasteiger partial charge in [-0.1, -0.05) is 30.7 Å². The van der Waals surface area contributed by atoms with Gasteiger partial charge in [0.15, 0.2) is 0 Å². The highest BCUT2D eigenvalue weighted by molar-refractivity contribution is 5.65. The summed E-state index contributed by atoms with van der Waals surface area (Å²) in [7, 11) is 1.86. The quantitative estimate of drug-likeness (QED) is 0.583. The molecule has 1 aromatic carbocycles. The Morgan fingerprint density at radius 1 is 1.19 bits per heavy atom. The Hall–Kier alpha value is -2.77. The second-order valence-corrected chi connectivity index (χ2v) is 7.07. The van der Waals surface area contributed by atoms with E-state index in [1.54, 1.807) is 10.9 Å². The molecule has 0 aliphatic heterocycles. The lowest BCUT2D eigenvalue weighted by Gasteiger charge is -2.29. The summed E-state index contributed by atoms with van der Waals surface area (Å²) < 4.78 is 1.72. The van der Waals surface area contributed by atoms with Gasteiger partial charge in [-0.15, -0.1) is 0 Å². The first kappa shape index (κ1) is 17.6. The highest BCUT2D eigenvalue weighted by Gasteiger charge is 2.20. The third-order valence-corrected chi connectivity index (χ3v) is 4.93. The maximum Gasteiger partial charge on any atom is 0.227 e. The third kappa shape index (κ3) is 3.99. The minimum absolute atomic E-state index is 0.435. The number of benzene rings is 1. The lowest BCUT2D eigenvalue weighted by Crippen LogP contribution is -2.37. The van der Waals surface area contributed by atoms with Crippen molar-refractivity contribution in [2.24, 2.45) is 7.05 Å². The fourth-order valence-electron chi connectivity index (χ4n) is 3.13. The van der Waals surface area contributed by atoms with Crippen LogP contribution in [0.1, 0.15) is 36.6 Å². The van der Waals surface area contributed by atoms with E-state index in [1.807, 2.05) is 50.6 Å². The van der Waals surface area contributed by atoms with Gasteiger partial charge in [0.1, 0.15) is 6.23 Å². The van der Waals surface area contributed by atoms with Gasteiger partial charge >= 0.3 is 0 Å². The summed E-state index contributed by atoms with van der Waals surface area (Å²) >= 11 is 0. The molecule has 7 heteroatoms. The molecule has 0 spiro atoms. The maximum atomic E-state index is 10.3. The molecular weight excluding hydrogens is 340 g/mol. The molecule has 2 heterocycles. The van der Waals surface area contributed by atoms with Crippen molar-refractivity contribution >= 4 is 11.6 Å². The monoisotopic (exact) mass is 364 g/mol. The lowest BCUT2D eigenvalue weighted by atomic mass is 9.92. The molecule has 3 N–H and O–H groups in total. The number of hydrogen-bond acceptors (Lipinski definition) is 6. The smallest absolute Gasteiger partial charge is 0.227 e. The number of aliphatic hydroxyl groups is 1. The zero-order valence-electron chi connectivity index (χ0n) is 15.6. The standard InChI is InChI=1S/C20H24N6O/c1-13-10-21-20(24-17-11-22-26(2)12-17)25-18(13)14-6-8-15(9-7-14)19(27)23-16-4-3-5-16/h6-12,16,19,23,27H,3-5H2,1-2H3,(H,21,24,25). The summed E-state index contributed by atoms with van der Waals surface area (Å²) in [6, 6.07) is 8.31. The molecule has 1 unspecified atom stereocenters. The molecule has 4 rings (SSSR count). The normalized spacial score (nSPS) is 15.4. The van der Waals surface area contributed by atoms with E-state index in [2.05, 4.69) is 25.7 Å². The Kier molecular flexibility index (Phi) is 4.87. The van der Waals surface area contributed by atoms with E-state index in [0.29, 0.717) is 12.0 Å². The zero-order valence-corrected chi connectivity index (χ0v) is 15.6. The van der Waals surface area contributed by atoms with Crippen molar-refractivity contribution in [3.8, 4) is 11.3 Å². The first-order valence-corrected chi connectivity index (χ1v) is 9.22. The lowest BCUT2D eigenvalue weighted by molar-refractivity contribution is 0.105. The van der Waals surface area contributed by atoms with Crippen LogP contribution in [0.5, 0.6) is 0 Å². The minimum Gasteiger partial charge on any atom is -0.374 e. The third-order valence-electron chi connectivity index (χ3n) is 4.93. The predicted octanol–water partition coefficient (Wildman–Crippen LogP) is 3.06. The summed E-state index contributed by atoms with van der Waals surface area (Å²) in [5.41, 5.74) is 4.56. The summed E-state index contributed by atoms with van der Waals surface area (Å²) in [6.07, 6.45) is 8.30. The average molecular weight is 364 g/mol. The molecule has 0 bridgehead atoms. The number of anilines is 2. The number of nitrogens with one attached hydrogen (secondary N) is 2. The molecule has 0 saturated heterocycles. The maximum absolute atomic E-state index is 10.3. The second-order valence-electron chi connectivity index (χ2n) is 7.07. The van der Waals surface area contributed by atoms with E-state index < -0.39 is 6.23 Å². The molecule has 1 saturated carbocycles. The fraction of sp³-hybridized carbons (Fsp3) is 0.350. The number of rotatable bonds is 6. The molecular formula is C20H24N6O. The molecule has 0 radical (unpaired) electrons. The van der Waals surface area contributed by atoms with Crippen molar-refractivity contribution in [1.82, 2.24) is 25.1 Å². The van der Waals surface area contributed by atoms with Crippen molar-refractivity contribution in [2.45, 2.75) is 38.5 Å². The fourth-order valence-corrected chi connectivity index (χ4v) is 3.13. The highest BCUT2D eigenvalue weighted by Crippen LogP contribution is 2.26. The minimum atomic E-state index is -0.626. The Bertz CT molecular complexity index is 916. The number of hydrogen-bond donors (Lipinski definition) is 3. The van der Waals surface area contributed by atoms with E-state index in [4.69, 9.17) is 0 Å². The Morgan fingerprint density at radius 3 is 2.59 bits per heavy atom. The van der Waals surface area contributed by atoms with Crippen LogP contribution in [0.15, 0.2) is 42.9 Å². The van der Waals surface area contributed by atoms with Crippen LogP contribution in [0.2, 0.25) is 0 Å². The van der Waals surface area contributed by atoms with Crippen molar-refractivity contribution in [3.63, 3.8) is 0 Å². The van der Waals surface area contributed by atoms with Gasteiger partial charge in [-0.05, 0) is 30.9 Å². The largest absolute Gasteiger partial charge is 0.374 e. The molecule has 1 aliphatic rings. The van der Waals surface area contributed by atoms with Gasteiger partial charge in [-0.3, -0.25) is 10.00 Å². The molecule has 1 atom stereocenters. The Labute approximate surface area is 158 Å².